The number of sulfonamides is 1. The first-order valence-corrected chi connectivity index (χ1v) is 5.49. The highest BCUT2D eigenvalue weighted by Crippen LogP contribution is 2.05. The van der Waals surface area contributed by atoms with E-state index in [1.165, 1.54) is 4.31 Å². The van der Waals surface area contributed by atoms with Crippen LogP contribution in [0.5, 0.6) is 0 Å². The van der Waals surface area contributed by atoms with E-state index in [-0.39, 0.29) is 11.3 Å². The van der Waals surface area contributed by atoms with E-state index in [1.54, 1.807) is 27.8 Å². The van der Waals surface area contributed by atoms with Gasteiger partial charge >= 0.3 is 0 Å². The Balaban J connectivity index is 4.38. The molecule has 12 heavy (non-hydrogen) atoms. The van der Waals surface area contributed by atoms with E-state index in [4.69, 9.17) is 5.73 Å². The molecule has 2 N–H and O–H groups in total. The van der Waals surface area contributed by atoms with E-state index >= 15 is 0 Å². The van der Waals surface area contributed by atoms with Crippen molar-refractivity contribution >= 4 is 10.0 Å². The van der Waals surface area contributed by atoms with Crippen molar-refractivity contribution in [2.75, 3.05) is 13.6 Å². The Morgan fingerprint density at radius 1 is 1.33 bits per heavy atom. The van der Waals surface area contributed by atoms with E-state index in [0.29, 0.717) is 6.54 Å². The van der Waals surface area contributed by atoms with Crippen molar-refractivity contribution in [2.24, 2.45) is 5.73 Å². The molecule has 0 rings (SSSR count). The summed E-state index contributed by atoms with van der Waals surface area (Å²) in [4.78, 5) is 0. The molecule has 0 radical (unpaired) electrons. The lowest BCUT2D eigenvalue weighted by molar-refractivity contribution is 0.440. The Labute approximate surface area is 74.8 Å². The van der Waals surface area contributed by atoms with E-state index in [2.05, 4.69) is 0 Å². The predicted molar refractivity (Wildman–Crippen MR) is 50.3 cm³/mol. The van der Waals surface area contributed by atoms with E-state index in [1.807, 2.05) is 0 Å². The molecule has 1 unspecified atom stereocenters. The largest absolute Gasteiger partial charge is 0.327 e. The summed E-state index contributed by atoms with van der Waals surface area (Å²) in [6.07, 6.45) is 0. The van der Waals surface area contributed by atoms with Crippen molar-refractivity contribution < 1.29 is 8.42 Å². The van der Waals surface area contributed by atoms with Gasteiger partial charge in [0.05, 0.1) is 5.25 Å². The van der Waals surface area contributed by atoms with Gasteiger partial charge in [0, 0.05) is 19.6 Å². The quantitative estimate of drug-likeness (QED) is 0.685. The summed E-state index contributed by atoms with van der Waals surface area (Å²) in [5.74, 6) is 0. The van der Waals surface area contributed by atoms with Gasteiger partial charge in [-0.25, -0.2) is 12.7 Å². The summed E-state index contributed by atoms with van der Waals surface area (Å²) >= 11 is 0. The van der Waals surface area contributed by atoms with Gasteiger partial charge in [0.15, 0.2) is 0 Å². The monoisotopic (exact) mass is 194 g/mol. The van der Waals surface area contributed by atoms with Gasteiger partial charge in [-0.1, -0.05) is 0 Å². The van der Waals surface area contributed by atoms with E-state index in [0.717, 1.165) is 0 Å². The molecule has 74 valence electrons. The molecule has 0 bridgehead atoms. The predicted octanol–water partition coefficient (Wildman–Crippen LogP) is 0.00360. The normalized spacial score (nSPS) is 15.6. The Morgan fingerprint density at radius 2 is 1.75 bits per heavy atom. The maximum atomic E-state index is 11.4. The minimum atomic E-state index is -3.12. The van der Waals surface area contributed by atoms with Crippen LogP contribution in [-0.2, 0) is 10.0 Å². The fourth-order valence-electron chi connectivity index (χ4n) is 0.869. The Kier molecular flexibility index (Phi) is 4.16. The number of hydrogen-bond acceptors (Lipinski definition) is 3. The van der Waals surface area contributed by atoms with Crippen LogP contribution >= 0.6 is 0 Å². The lowest BCUT2D eigenvalue weighted by atomic mass is 10.4. The van der Waals surface area contributed by atoms with Gasteiger partial charge in [0.1, 0.15) is 0 Å². The molecule has 0 aliphatic carbocycles. The molecule has 5 heteroatoms. The molecule has 0 fully saturated rings. The fourth-order valence-corrected chi connectivity index (χ4v) is 2.03. The van der Waals surface area contributed by atoms with Crippen LogP contribution in [0.4, 0.5) is 0 Å². The summed E-state index contributed by atoms with van der Waals surface area (Å²) in [5.41, 5.74) is 5.48. The standard InChI is InChI=1S/C7H18N2O2S/c1-6(2)12(10,11)9(4)5-7(3)8/h6-7H,5,8H2,1-4H3. The Hall–Kier alpha value is -0.130. The molecule has 0 aromatic rings. The number of likely N-dealkylation sites (N-methyl/N-ethyl adjacent to an activating group) is 1. The van der Waals surface area contributed by atoms with Crippen molar-refractivity contribution in [3.8, 4) is 0 Å². The summed E-state index contributed by atoms with van der Waals surface area (Å²) < 4.78 is 24.2. The molecule has 0 saturated carbocycles. The highest BCUT2D eigenvalue weighted by Gasteiger charge is 2.22. The zero-order chi connectivity index (χ0) is 9.94. The van der Waals surface area contributed by atoms with Gasteiger partial charge in [-0.3, -0.25) is 0 Å². The summed E-state index contributed by atoms with van der Waals surface area (Å²) in [7, 11) is -1.56. The molecule has 0 heterocycles. The zero-order valence-electron chi connectivity index (χ0n) is 8.11. The summed E-state index contributed by atoms with van der Waals surface area (Å²) in [5, 5.41) is -0.374. The van der Waals surface area contributed by atoms with Gasteiger partial charge < -0.3 is 5.73 Å². The molecule has 0 aromatic carbocycles. The SMILES string of the molecule is CC(N)CN(C)S(=O)(=O)C(C)C. The topological polar surface area (TPSA) is 63.4 Å². The third-order valence-corrected chi connectivity index (χ3v) is 3.78. The highest BCUT2D eigenvalue weighted by molar-refractivity contribution is 7.89. The molecule has 0 aliphatic heterocycles. The third-order valence-electron chi connectivity index (χ3n) is 1.58. The molecule has 4 nitrogen and oxygen atoms in total. The number of rotatable bonds is 4. The van der Waals surface area contributed by atoms with Crippen molar-refractivity contribution in [2.45, 2.75) is 32.1 Å². The van der Waals surface area contributed by atoms with Crippen molar-refractivity contribution in [1.82, 2.24) is 4.31 Å². The Morgan fingerprint density at radius 3 is 2.00 bits per heavy atom. The average molecular weight is 194 g/mol. The lowest BCUT2D eigenvalue weighted by Gasteiger charge is -2.21. The first-order chi connectivity index (χ1) is 5.28. The average Bonchev–Trinajstić information content (AvgIpc) is 1.85. The first kappa shape index (κ1) is 11.9. The first-order valence-electron chi connectivity index (χ1n) is 3.99. The van der Waals surface area contributed by atoms with Crippen molar-refractivity contribution in [3.05, 3.63) is 0 Å². The van der Waals surface area contributed by atoms with Crippen LogP contribution in [0.1, 0.15) is 20.8 Å². The molecule has 0 saturated heterocycles. The third kappa shape index (κ3) is 3.08. The lowest BCUT2D eigenvalue weighted by Crippen LogP contribution is -2.40. The molecule has 0 aliphatic rings. The number of nitrogens with zero attached hydrogens (tertiary/aromatic N) is 1. The molecule has 0 amide bonds. The maximum Gasteiger partial charge on any atom is 0.216 e. The van der Waals surface area contributed by atoms with Crippen molar-refractivity contribution in [3.63, 3.8) is 0 Å². The molecular weight excluding hydrogens is 176 g/mol. The smallest absolute Gasteiger partial charge is 0.216 e. The second-order valence-corrected chi connectivity index (χ2v) is 5.95. The van der Waals surface area contributed by atoms with E-state index < -0.39 is 10.0 Å². The molecule has 1 atom stereocenters. The van der Waals surface area contributed by atoms with Gasteiger partial charge in [-0.15, -0.1) is 0 Å². The molecule has 0 spiro atoms. The Bertz CT molecular complexity index is 222. The van der Waals surface area contributed by atoms with E-state index in [9.17, 15) is 8.42 Å². The second kappa shape index (κ2) is 4.20. The molecular formula is C7H18N2O2S. The van der Waals surface area contributed by atoms with Crippen LogP contribution in [0.3, 0.4) is 0 Å². The van der Waals surface area contributed by atoms with Gasteiger partial charge in [0.2, 0.25) is 10.0 Å². The van der Waals surface area contributed by atoms with Crippen LogP contribution in [-0.4, -0.2) is 37.6 Å². The van der Waals surface area contributed by atoms with Crippen LogP contribution in [0.25, 0.3) is 0 Å². The van der Waals surface area contributed by atoms with Gasteiger partial charge in [-0.2, -0.15) is 0 Å². The zero-order valence-corrected chi connectivity index (χ0v) is 8.93. The molecule has 0 aromatic heterocycles. The maximum absolute atomic E-state index is 11.4. The number of nitrogens with two attached hydrogens (primary N) is 1. The minimum absolute atomic E-state index is 0.122. The number of hydrogen-bond donors (Lipinski definition) is 1. The van der Waals surface area contributed by atoms with Crippen LogP contribution < -0.4 is 5.73 Å². The van der Waals surface area contributed by atoms with Gasteiger partial charge in [-0.05, 0) is 20.8 Å². The van der Waals surface area contributed by atoms with Crippen LogP contribution in [0, 0.1) is 0 Å². The minimum Gasteiger partial charge on any atom is -0.327 e. The second-order valence-electron chi connectivity index (χ2n) is 3.35. The van der Waals surface area contributed by atoms with Crippen molar-refractivity contribution in [1.29, 1.82) is 0 Å². The van der Waals surface area contributed by atoms with Crippen LogP contribution in [0.15, 0.2) is 0 Å². The fraction of sp³-hybridized carbons (Fsp3) is 1.00. The summed E-state index contributed by atoms with van der Waals surface area (Å²) in [6, 6.07) is -0.122. The van der Waals surface area contributed by atoms with Crippen LogP contribution in [0.2, 0.25) is 0 Å². The highest BCUT2D eigenvalue weighted by atomic mass is 32.2. The summed E-state index contributed by atoms with van der Waals surface area (Å²) in [6.45, 7) is 5.48. The van der Waals surface area contributed by atoms with Gasteiger partial charge in [0.25, 0.3) is 0 Å².